The van der Waals surface area contributed by atoms with Gasteiger partial charge in [-0.15, -0.1) is 0 Å². The predicted molar refractivity (Wildman–Crippen MR) is 72.0 cm³/mol. The number of esters is 1. The van der Waals surface area contributed by atoms with E-state index in [4.69, 9.17) is 4.74 Å². The molecule has 1 unspecified atom stereocenters. The number of nitro benzene ring substituents is 1. The second-order valence-corrected chi connectivity index (χ2v) is 4.42. The second kappa shape index (κ2) is 7.51. The van der Waals surface area contributed by atoms with Gasteiger partial charge in [0.15, 0.2) is 0 Å². The van der Waals surface area contributed by atoms with Crippen LogP contribution < -0.4 is 4.74 Å². The molecule has 0 aliphatic heterocycles. The summed E-state index contributed by atoms with van der Waals surface area (Å²) in [6, 6.07) is 5.55. The van der Waals surface area contributed by atoms with Crippen molar-refractivity contribution in [2.24, 2.45) is 5.92 Å². The van der Waals surface area contributed by atoms with E-state index in [9.17, 15) is 14.9 Å². The fourth-order valence-electron chi connectivity index (χ4n) is 1.77. The molecule has 0 saturated heterocycles. The van der Waals surface area contributed by atoms with Crippen molar-refractivity contribution >= 4 is 11.7 Å². The Kier molecular flexibility index (Phi) is 5.99. The minimum atomic E-state index is -0.484. The van der Waals surface area contributed by atoms with E-state index >= 15 is 0 Å². The van der Waals surface area contributed by atoms with Crippen LogP contribution in [0.4, 0.5) is 5.69 Å². The van der Waals surface area contributed by atoms with Gasteiger partial charge in [-0.25, -0.2) is 0 Å². The maximum absolute atomic E-state index is 11.9. The zero-order chi connectivity index (χ0) is 14.3. The van der Waals surface area contributed by atoms with Crippen molar-refractivity contribution in [1.82, 2.24) is 0 Å². The van der Waals surface area contributed by atoms with Gasteiger partial charge in [0.05, 0.1) is 10.8 Å². The summed E-state index contributed by atoms with van der Waals surface area (Å²) in [6.45, 7) is 4.03. The van der Waals surface area contributed by atoms with Crippen molar-refractivity contribution < 1.29 is 14.5 Å². The molecule has 1 aromatic rings. The van der Waals surface area contributed by atoms with Crippen LogP contribution in [0.5, 0.6) is 5.75 Å². The van der Waals surface area contributed by atoms with Crippen molar-refractivity contribution in [1.29, 1.82) is 0 Å². The molecule has 104 valence electrons. The Balaban J connectivity index is 2.62. The van der Waals surface area contributed by atoms with Crippen molar-refractivity contribution in [2.75, 3.05) is 0 Å². The van der Waals surface area contributed by atoms with Crippen LogP contribution in [-0.2, 0) is 4.79 Å². The van der Waals surface area contributed by atoms with Crippen LogP contribution in [0.1, 0.15) is 39.5 Å². The molecule has 0 radical (unpaired) electrons. The molecule has 0 spiro atoms. The normalized spacial score (nSPS) is 11.9. The number of benzene rings is 1. The average Bonchev–Trinajstić information content (AvgIpc) is 2.40. The zero-order valence-corrected chi connectivity index (χ0v) is 11.3. The Bertz CT molecular complexity index is 428. The average molecular weight is 265 g/mol. The number of carbonyl (C=O) groups excluding carboxylic acids is 1. The lowest BCUT2D eigenvalue weighted by atomic mass is 10.00. The quantitative estimate of drug-likeness (QED) is 0.326. The van der Waals surface area contributed by atoms with Crippen LogP contribution in [0.2, 0.25) is 0 Å². The van der Waals surface area contributed by atoms with E-state index in [0.717, 1.165) is 25.7 Å². The van der Waals surface area contributed by atoms with Crippen LogP contribution in [-0.4, -0.2) is 10.9 Å². The van der Waals surface area contributed by atoms with E-state index in [1.165, 1.54) is 24.3 Å². The first-order valence-corrected chi connectivity index (χ1v) is 6.54. The van der Waals surface area contributed by atoms with Crippen molar-refractivity contribution in [3.63, 3.8) is 0 Å². The van der Waals surface area contributed by atoms with Crippen molar-refractivity contribution in [3.8, 4) is 5.75 Å². The van der Waals surface area contributed by atoms with Crippen molar-refractivity contribution in [2.45, 2.75) is 39.5 Å². The van der Waals surface area contributed by atoms with Gasteiger partial charge < -0.3 is 4.74 Å². The van der Waals surface area contributed by atoms with Crippen LogP contribution in [0.15, 0.2) is 24.3 Å². The predicted octanol–water partition coefficient (Wildman–Crippen LogP) is 3.72. The number of carbonyl (C=O) groups is 1. The first-order chi connectivity index (χ1) is 9.08. The summed E-state index contributed by atoms with van der Waals surface area (Å²) in [4.78, 5) is 21.9. The van der Waals surface area contributed by atoms with Gasteiger partial charge in [-0.05, 0) is 25.0 Å². The number of nitrogens with zero attached hydrogens (tertiary/aromatic N) is 1. The fraction of sp³-hybridized carbons (Fsp3) is 0.500. The zero-order valence-electron chi connectivity index (χ0n) is 11.3. The van der Waals surface area contributed by atoms with Gasteiger partial charge in [0.25, 0.3) is 5.69 Å². The molecule has 1 atom stereocenters. The monoisotopic (exact) mass is 265 g/mol. The summed E-state index contributed by atoms with van der Waals surface area (Å²) in [7, 11) is 0. The third-order valence-corrected chi connectivity index (χ3v) is 3.00. The molecule has 0 fully saturated rings. The fourth-order valence-corrected chi connectivity index (χ4v) is 1.77. The largest absolute Gasteiger partial charge is 0.426 e. The highest BCUT2D eigenvalue weighted by Gasteiger charge is 2.18. The highest BCUT2D eigenvalue weighted by molar-refractivity contribution is 5.75. The second-order valence-electron chi connectivity index (χ2n) is 4.42. The Labute approximate surface area is 112 Å². The number of unbranched alkanes of at least 4 members (excludes halogenated alkanes) is 1. The molecule has 0 saturated carbocycles. The topological polar surface area (TPSA) is 69.4 Å². The molecule has 1 aromatic carbocycles. The van der Waals surface area contributed by atoms with E-state index in [0.29, 0.717) is 5.75 Å². The number of non-ortho nitro benzene ring substituents is 1. The smallest absolute Gasteiger partial charge is 0.314 e. The lowest BCUT2D eigenvalue weighted by Crippen LogP contribution is -2.19. The summed E-state index contributed by atoms with van der Waals surface area (Å²) in [5, 5.41) is 10.5. The third-order valence-electron chi connectivity index (χ3n) is 3.00. The highest BCUT2D eigenvalue weighted by atomic mass is 16.6. The Morgan fingerprint density at radius 3 is 2.42 bits per heavy atom. The molecule has 5 nitrogen and oxygen atoms in total. The Morgan fingerprint density at radius 1 is 1.32 bits per heavy atom. The first-order valence-electron chi connectivity index (χ1n) is 6.54. The molecule has 0 aromatic heterocycles. The molecule has 0 aliphatic rings. The van der Waals surface area contributed by atoms with Crippen LogP contribution >= 0.6 is 0 Å². The van der Waals surface area contributed by atoms with Crippen LogP contribution in [0.25, 0.3) is 0 Å². The molecule has 1 rings (SSSR count). The minimum absolute atomic E-state index is 0.0159. The summed E-state index contributed by atoms with van der Waals surface area (Å²) in [5.74, 6) is -0.00880. The lowest BCUT2D eigenvalue weighted by Gasteiger charge is -2.13. The molecule has 0 aliphatic carbocycles. The molecular weight excluding hydrogens is 246 g/mol. The van der Waals surface area contributed by atoms with E-state index in [1.807, 2.05) is 6.92 Å². The van der Waals surface area contributed by atoms with Gasteiger partial charge >= 0.3 is 5.97 Å². The van der Waals surface area contributed by atoms with E-state index < -0.39 is 4.92 Å². The minimum Gasteiger partial charge on any atom is -0.426 e. The van der Waals surface area contributed by atoms with E-state index in [-0.39, 0.29) is 17.6 Å². The maximum Gasteiger partial charge on any atom is 0.314 e. The summed E-state index contributed by atoms with van der Waals surface area (Å²) < 4.78 is 5.24. The Morgan fingerprint density at radius 2 is 1.95 bits per heavy atom. The summed E-state index contributed by atoms with van der Waals surface area (Å²) >= 11 is 0. The molecular formula is C14H19NO4. The number of hydrogen-bond acceptors (Lipinski definition) is 4. The lowest BCUT2D eigenvalue weighted by molar-refractivity contribution is -0.384. The number of ether oxygens (including phenoxy) is 1. The van der Waals surface area contributed by atoms with Crippen LogP contribution in [0, 0.1) is 16.0 Å². The van der Waals surface area contributed by atoms with E-state index in [1.54, 1.807) is 0 Å². The SMILES string of the molecule is CCCCC(CC)C(=O)Oc1ccc([N+](=O)[O-])cc1. The van der Waals surface area contributed by atoms with Gasteiger partial charge in [0, 0.05) is 12.1 Å². The molecule has 0 heterocycles. The third kappa shape index (κ3) is 4.69. The van der Waals surface area contributed by atoms with Gasteiger partial charge in [-0.2, -0.15) is 0 Å². The number of rotatable bonds is 7. The van der Waals surface area contributed by atoms with Crippen molar-refractivity contribution in [3.05, 3.63) is 34.4 Å². The van der Waals surface area contributed by atoms with Crippen LogP contribution in [0.3, 0.4) is 0 Å². The standard InChI is InChI=1S/C14H19NO4/c1-3-5-6-11(4-2)14(16)19-13-9-7-12(8-10-13)15(17)18/h7-11H,3-6H2,1-2H3. The molecule has 0 amide bonds. The molecule has 19 heavy (non-hydrogen) atoms. The molecule has 0 N–H and O–H groups in total. The number of nitro groups is 1. The maximum atomic E-state index is 11.9. The molecule has 0 bridgehead atoms. The Hall–Kier alpha value is -1.91. The number of hydrogen-bond donors (Lipinski definition) is 0. The van der Waals surface area contributed by atoms with Gasteiger partial charge in [-0.1, -0.05) is 26.7 Å². The highest BCUT2D eigenvalue weighted by Crippen LogP contribution is 2.20. The summed E-state index contributed by atoms with van der Waals surface area (Å²) in [5.41, 5.74) is -0.0159. The van der Waals surface area contributed by atoms with E-state index in [2.05, 4.69) is 6.92 Å². The first kappa shape index (κ1) is 15.1. The van der Waals surface area contributed by atoms with Gasteiger partial charge in [-0.3, -0.25) is 14.9 Å². The van der Waals surface area contributed by atoms with Gasteiger partial charge in [0.2, 0.25) is 0 Å². The van der Waals surface area contributed by atoms with Gasteiger partial charge in [0.1, 0.15) is 5.75 Å². The molecule has 5 heteroatoms. The summed E-state index contributed by atoms with van der Waals surface area (Å²) in [6.07, 6.45) is 3.60.